The summed E-state index contributed by atoms with van der Waals surface area (Å²) in [6, 6.07) is 10.2. The van der Waals surface area contributed by atoms with Crippen LogP contribution in [0, 0.1) is 20.2 Å². The molecule has 0 heterocycles. The molecule has 2 N–H and O–H groups in total. The van der Waals surface area contributed by atoms with Crippen molar-refractivity contribution in [1.82, 2.24) is 0 Å². The van der Waals surface area contributed by atoms with Gasteiger partial charge in [0.15, 0.2) is 0 Å². The number of non-ortho nitro benzene ring substituents is 1. The molecule has 0 saturated carbocycles. The van der Waals surface area contributed by atoms with Crippen molar-refractivity contribution in [3.8, 4) is 11.1 Å². The molecule has 0 aliphatic carbocycles. The van der Waals surface area contributed by atoms with E-state index in [1.165, 1.54) is 36.4 Å². The van der Waals surface area contributed by atoms with E-state index in [4.69, 9.17) is 5.73 Å². The first kappa shape index (κ1) is 12.5. The van der Waals surface area contributed by atoms with Crippen molar-refractivity contribution in [2.45, 2.75) is 0 Å². The number of nitrogens with zero attached hydrogens (tertiary/aromatic N) is 2. The van der Waals surface area contributed by atoms with E-state index in [9.17, 15) is 20.2 Å². The van der Waals surface area contributed by atoms with Gasteiger partial charge in [0.2, 0.25) is 0 Å². The van der Waals surface area contributed by atoms with Crippen LogP contribution in [-0.4, -0.2) is 9.85 Å². The maximum Gasteiger partial charge on any atom is 0.292 e. The summed E-state index contributed by atoms with van der Waals surface area (Å²) in [6.45, 7) is 0. The molecule has 0 saturated heterocycles. The first-order valence-electron chi connectivity index (χ1n) is 5.28. The number of nitrogens with two attached hydrogens (primary N) is 1. The molecule has 2 aromatic rings. The Morgan fingerprint density at radius 1 is 0.842 bits per heavy atom. The zero-order valence-electron chi connectivity index (χ0n) is 9.65. The molecule has 2 rings (SSSR count). The Bertz CT molecular complexity index is 653. The average molecular weight is 259 g/mol. The first-order chi connectivity index (χ1) is 8.99. The van der Waals surface area contributed by atoms with Gasteiger partial charge in [0, 0.05) is 18.2 Å². The molecule has 0 radical (unpaired) electrons. The van der Waals surface area contributed by atoms with Crippen LogP contribution in [0.5, 0.6) is 0 Å². The highest BCUT2D eigenvalue weighted by Crippen LogP contribution is 2.29. The Morgan fingerprint density at radius 2 is 1.42 bits per heavy atom. The standard InChI is InChI=1S/C12H9N3O4/c13-11-6-3-9(7-12(11)15(18)19)8-1-4-10(5-2-8)14(16)17/h1-7H,13H2. The fourth-order valence-electron chi connectivity index (χ4n) is 1.66. The lowest BCUT2D eigenvalue weighted by atomic mass is 10.0. The SMILES string of the molecule is Nc1ccc(-c2ccc([N+](=O)[O-])cc2)cc1[N+](=O)[O-]. The molecule has 0 aliphatic heterocycles. The Balaban J connectivity index is 2.44. The minimum absolute atomic E-state index is 0.0336. The monoisotopic (exact) mass is 259 g/mol. The van der Waals surface area contributed by atoms with Crippen molar-refractivity contribution in [3.63, 3.8) is 0 Å². The second-order valence-electron chi connectivity index (χ2n) is 3.83. The molecule has 0 amide bonds. The number of nitro benzene ring substituents is 2. The average Bonchev–Trinajstić information content (AvgIpc) is 2.39. The van der Waals surface area contributed by atoms with Crippen LogP contribution < -0.4 is 5.73 Å². The number of hydrogen-bond acceptors (Lipinski definition) is 5. The number of nitro groups is 2. The number of anilines is 1. The third kappa shape index (κ3) is 2.49. The predicted molar refractivity (Wildman–Crippen MR) is 69.6 cm³/mol. The van der Waals surface area contributed by atoms with E-state index in [1.807, 2.05) is 0 Å². The third-order valence-electron chi connectivity index (χ3n) is 2.64. The van der Waals surface area contributed by atoms with E-state index in [2.05, 4.69) is 0 Å². The van der Waals surface area contributed by atoms with Crippen molar-refractivity contribution in [2.75, 3.05) is 5.73 Å². The highest BCUT2D eigenvalue weighted by atomic mass is 16.6. The van der Waals surface area contributed by atoms with Crippen LogP contribution in [0.4, 0.5) is 17.1 Å². The van der Waals surface area contributed by atoms with Crippen molar-refractivity contribution in [1.29, 1.82) is 0 Å². The molecular formula is C12H9N3O4. The van der Waals surface area contributed by atoms with Crippen LogP contribution in [-0.2, 0) is 0 Å². The largest absolute Gasteiger partial charge is 0.393 e. The van der Waals surface area contributed by atoms with Crippen molar-refractivity contribution >= 4 is 17.1 Å². The summed E-state index contributed by atoms with van der Waals surface area (Å²) in [5.41, 5.74) is 6.59. The maximum absolute atomic E-state index is 10.8. The molecule has 7 nitrogen and oxygen atoms in total. The van der Waals surface area contributed by atoms with Gasteiger partial charge in [0.1, 0.15) is 5.69 Å². The minimum Gasteiger partial charge on any atom is -0.393 e. The van der Waals surface area contributed by atoms with Crippen LogP contribution in [0.25, 0.3) is 11.1 Å². The summed E-state index contributed by atoms with van der Waals surface area (Å²) in [5, 5.41) is 21.3. The number of hydrogen-bond donors (Lipinski definition) is 1. The van der Waals surface area contributed by atoms with Crippen LogP contribution in [0.15, 0.2) is 42.5 Å². The van der Waals surface area contributed by atoms with E-state index in [0.29, 0.717) is 11.1 Å². The molecule has 19 heavy (non-hydrogen) atoms. The van der Waals surface area contributed by atoms with Gasteiger partial charge in [-0.1, -0.05) is 6.07 Å². The second kappa shape index (κ2) is 4.73. The molecule has 0 unspecified atom stereocenters. The fraction of sp³-hybridized carbons (Fsp3) is 0. The summed E-state index contributed by atoms with van der Waals surface area (Å²) in [4.78, 5) is 20.3. The Kier molecular flexibility index (Phi) is 3.11. The number of nitrogen functional groups attached to an aromatic ring is 1. The zero-order chi connectivity index (χ0) is 14.0. The van der Waals surface area contributed by atoms with E-state index in [-0.39, 0.29) is 17.1 Å². The van der Waals surface area contributed by atoms with E-state index in [1.54, 1.807) is 6.07 Å². The van der Waals surface area contributed by atoms with Gasteiger partial charge < -0.3 is 5.73 Å². The molecule has 7 heteroatoms. The summed E-state index contributed by atoms with van der Waals surface area (Å²) >= 11 is 0. The van der Waals surface area contributed by atoms with Crippen LogP contribution in [0.3, 0.4) is 0 Å². The van der Waals surface area contributed by atoms with Gasteiger partial charge in [-0.25, -0.2) is 0 Å². The smallest absolute Gasteiger partial charge is 0.292 e. The lowest BCUT2D eigenvalue weighted by Gasteiger charge is -2.03. The predicted octanol–water partition coefficient (Wildman–Crippen LogP) is 2.75. The molecule has 0 spiro atoms. The molecule has 0 aromatic heterocycles. The van der Waals surface area contributed by atoms with E-state index in [0.717, 1.165) is 0 Å². The van der Waals surface area contributed by atoms with E-state index >= 15 is 0 Å². The Labute approximate surface area is 107 Å². The molecular weight excluding hydrogens is 250 g/mol. The quantitative estimate of drug-likeness (QED) is 0.517. The van der Waals surface area contributed by atoms with Crippen LogP contribution in [0.2, 0.25) is 0 Å². The summed E-state index contributed by atoms with van der Waals surface area (Å²) in [7, 11) is 0. The van der Waals surface area contributed by atoms with Crippen LogP contribution in [0.1, 0.15) is 0 Å². The summed E-state index contributed by atoms with van der Waals surface area (Å²) in [6.07, 6.45) is 0. The summed E-state index contributed by atoms with van der Waals surface area (Å²) < 4.78 is 0. The highest BCUT2D eigenvalue weighted by Gasteiger charge is 2.13. The molecule has 0 atom stereocenters. The van der Waals surface area contributed by atoms with Crippen molar-refractivity contribution < 1.29 is 9.85 Å². The number of benzene rings is 2. The van der Waals surface area contributed by atoms with Gasteiger partial charge in [-0.3, -0.25) is 20.2 Å². The molecule has 0 bridgehead atoms. The van der Waals surface area contributed by atoms with Crippen LogP contribution >= 0.6 is 0 Å². The van der Waals surface area contributed by atoms with Gasteiger partial charge in [-0.15, -0.1) is 0 Å². The minimum atomic E-state index is -0.565. The summed E-state index contributed by atoms with van der Waals surface area (Å²) in [5.74, 6) is 0. The lowest BCUT2D eigenvalue weighted by Crippen LogP contribution is -1.95. The molecule has 0 aliphatic rings. The van der Waals surface area contributed by atoms with Gasteiger partial charge in [0.05, 0.1) is 9.85 Å². The lowest BCUT2D eigenvalue weighted by molar-refractivity contribution is -0.384. The van der Waals surface area contributed by atoms with Gasteiger partial charge in [-0.05, 0) is 29.3 Å². The molecule has 96 valence electrons. The van der Waals surface area contributed by atoms with E-state index < -0.39 is 9.85 Å². The Hall–Kier alpha value is -2.96. The van der Waals surface area contributed by atoms with Gasteiger partial charge in [-0.2, -0.15) is 0 Å². The number of rotatable bonds is 3. The fourth-order valence-corrected chi connectivity index (χ4v) is 1.66. The van der Waals surface area contributed by atoms with Gasteiger partial charge >= 0.3 is 0 Å². The maximum atomic E-state index is 10.8. The third-order valence-corrected chi connectivity index (χ3v) is 2.64. The first-order valence-corrected chi connectivity index (χ1v) is 5.28. The topological polar surface area (TPSA) is 112 Å². The van der Waals surface area contributed by atoms with Crippen molar-refractivity contribution in [2.24, 2.45) is 0 Å². The van der Waals surface area contributed by atoms with Gasteiger partial charge in [0.25, 0.3) is 11.4 Å². The Morgan fingerprint density at radius 3 is 1.95 bits per heavy atom. The second-order valence-corrected chi connectivity index (χ2v) is 3.83. The van der Waals surface area contributed by atoms with Crippen molar-refractivity contribution in [3.05, 3.63) is 62.7 Å². The molecule has 0 fully saturated rings. The normalized spacial score (nSPS) is 10.1. The molecule has 2 aromatic carbocycles. The zero-order valence-corrected chi connectivity index (χ0v) is 9.65. The highest BCUT2D eigenvalue weighted by molar-refractivity contribution is 5.72.